The SMILES string of the molecule is CC1CN(S(=O)(=O)c2ccc(C(=O)NC3CCCC3CN)cc2)CC(C)O1. The second-order valence-corrected chi connectivity index (χ2v) is 9.55. The third kappa shape index (κ3) is 4.51. The molecule has 1 saturated heterocycles. The number of nitrogens with two attached hydrogens (primary N) is 1. The van der Waals surface area contributed by atoms with Gasteiger partial charge in [-0.25, -0.2) is 8.42 Å². The molecule has 1 saturated carbocycles. The number of amides is 1. The highest BCUT2D eigenvalue weighted by molar-refractivity contribution is 7.89. The van der Waals surface area contributed by atoms with E-state index >= 15 is 0 Å². The smallest absolute Gasteiger partial charge is 0.251 e. The van der Waals surface area contributed by atoms with Crippen LogP contribution in [0.4, 0.5) is 0 Å². The van der Waals surface area contributed by atoms with Crippen LogP contribution in [-0.4, -0.2) is 56.5 Å². The fraction of sp³-hybridized carbons (Fsp3) is 0.632. The van der Waals surface area contributed by atoms with Crippen molar-refractivity contribution in [3.8, 4) is 0 Å². The minimum absolute atomic E-state index is 0.0993. The maximum absolute atomic E-state index is 12.9. The van der Waals surface area contributed by atoms with Crippen molar-refractivity contribution in [3.05, 3.63) is 29.8 Å². The first kappa shape index (κ1) is 20.3. The van der Waals surface area contributed by atoms with Gasteiger partial charge < -0.3 is 15.8 Å². The van der Waals surface area contributed by atoms with Gasteiger partial charge in [-0.15, -0.1) is 0 Å². The van der Waals surface area contributed by atoms with Gasteiger partial charge in [-0.2, -0.15) is 4.31 Å². The monoisotopic (exact) mass is 395 g/mol. The van der Waals surface area contributed by atoms with Crippen LogP contribution in [0.15, 0.2) is 29.2 Å². The predicted molar refractivity (Wildman–Crippen MR) is 103 cm³/mol. The van der Waals surface area contributed by atoms with E-state index in [4.69, 9.17) is 10.5 Å². The number of morpholine rings is 1. The fourth-order valence-electron chi connectivity index (χ4n) is 4.02. The van der Waals surface area contributed by atoms with Gasteiger partial charge in [0.25, 0.3) is 5.91 Å². The first-order valence-electron chi connectivity index (χ1n) is 9.58. The molecule has 0 bridgehead atoms. The van der Waals surface area contributed by atoms with E-state index in [1.54, 1.807) is 12.1 Å². The van der Waals surface area contributed by atoms with Crippen LogP contribution in [-0.2, 0) is 14.8 Å². The Morgan fingerprint density at radius 1 is 1.19 bits per heavy atom. The molecule has 4 unspecified atom stereocenters. The number of carbonyl (C=O) groups is 1. The summed E-state index contributed by atoms with van der Waals surface area (Å²) in [6.45, 7) is 4.96. The number of nitrogens with zero attached hydrogens (tertiary/aromatic N) is 1. The first-order valence-corrected chi connectivity index (χ1v) is 11.0. The molecule has 1 aliphatic heterocycles. The summed E-state index contributed by atoms with van der Waals surface area (Å²) in [6.07, 6.45) is 2.76. The minimum atomic E-state index is -3.60. The number of nitrogens with one attached hydrogen (secondary N) is 1. The summed E-state index contributed by atoms with van der Waals surface area (Å²) in [5.41, 5.74) is 6.22. The summed E-state index contributed by atoms with van der Waals surface area (Å²) in [5, 5.41) is 3.03. The lowest BCUT2D eigenvalue weighted by Crippen LogP contribution is -2.48. The van der Waals surface area contributed by atoms with Crippen LogP contribution in [0, 0.1) is 5.92 Å². The van der Waals surface area contributed by atoms with Crippen LogP contribution in [0.2, 0.25) is 0 Å². The molecule has 8 heteroatoms. The van der Waals surface area contributed by atoms with E-state index in [2.05, 4.69) is 5.32 Å². The molecule has 2 aliphatic rings. The van der Waals surface area contributed by atoms with Crippen molar-refractivity contribution < 1.29 is 17.9 Å². The van der Waals surface area contributed by atoms with Crippen LogP contribution in [0.5, 0.6) is 0 Å². The zero-order chi connectivity index (χ0) is 19.6. The number of hydrogen-bond acceptors (Lipinski definition) is 5. The van der Waals surface area contributed by atoms with Crippen molar-refractivity contribution in [2.24, 2.45) is 11.7 Å². The molecule has 3 N–H and O–H groups in total. The molecule has 1 aromatic carbocycles. The zero-order valence-corrected chi connectivity index (χ0v) is 16.7. The molecular weight excluding hydrogens is 366 g/mol. The zero-order valence-electron chi connectivity index (χ0n) is 15.9. The van der Waals surface area contributed by atoms with Gasteiger partial charge in [0.05, 0.1) is 17.1 Å². The van der Waals surface area contributed by atoms with E-state index in [1.807, 2.05) is 13.8 Å². The predicted octanol–water partition coefficient (Wildman–Crippen LogP) is 1.34. The second-order valence-electron chi connectivity index (χ2n) is 7.61. The van der Waals surface area contributed by atoms with Crippen molar-refractivity contribution in [2.45, 2.75) is 56.3 Å². The van der Waals surface area contributed by atoms with Crippen molar-refractivity contribution in [1.82, 2.24) is 9.62 Å². The highest BCUT2D eigenvalue weighted by Gasteiger charge is 2.32. The third-order valence-corrected chi connectivity index (χ3v) is 7.26. The molecule has 1 amide bonds. The third-order valence-electron chi connectivity index (χ3n) is 5.42. The lowest BCUT2D eigenvalue weighted by Gasteiger charge is -2.34. The Hall–Kier alpha value is -1.48. The van der Waals surface area contributed by atoms with E-state index in [-0.39, 0.29) is 29.1 Å². The summed E-state index contributed by atoms with van der Waals surface area (Å²) < 4.78 is 32.8. The number of carbonyl (C=O) groups excluding carboxylic acids is 1. The maximum atomic E-state index is 12.9. The normalized spacial score (nSPS) is 29.6. The van der Waals surface area contributed by atoms with E-state index in [0.717, 1.165) is 19.3 Å². The topological polar surface area (TPSA) is 102 Å². The first-order chi connectivity index (χ1) is 12.8. The molecule has 1 heterocycles. The summed E-state index contributed by atoms with van der Waals surface area (Å²) >= 11 is 0. The summed E-state index contributed by atoms with van der Waals surface area (Å²) in [7, 11) is -3.60. The maximum Gasteiger partial charge on any atom is 0.251 e. The van der Waals surface area contributed by atoms with Crippen LogP contribution in [0.3, 0.4) is 0 Å². The molecular formula is C19H29N3O4S. The molecule has 4 atom stereocenters. The average molecular weight is 396 g/mol. The summed E-state index contributed by atoms with van der Waals surface area (Å²) in [6, 6.07) is 6.25. The molecule has 0 aromatic heterocycles. The van der Waals surface area contributed by atoms with E-state index in [0.29, 0.717) is 31.1 Å². The van der Waals surface area contributed by atoms with Crippen LogP contribution >= 0.6 is 0 Å². The van der Waals surface area contributed by atoms with Gasteiger partial charge >= 0.3 is 0 Å². The van der Waals surface area contributed by atoms with Gasteiger partial charge in [0.15, 0.2) is 0 Å². The minimum Gasteiger partial charge on any atom is -0.373 e. The number of ether oxygens (including phenoxy) is 1. The van der Waals surface area contributed by atoms with Gasteiger partial charge in [-0.05, 0) is 63.4 Å². The largest absolute Gasteiger partial charge is 0.373 e. The second kappa shape index (κ2) is 8.26. The average Bonchev–Trinajstić information content (AvgIpc) is 3.08. The molecule has 7 nitrogen and oxygen atoms in total. The van der Waals surface area contributed by atoms with E-state index in [1.165, 1.54) is 16.4 Å². The quantitative estimate of drug-likeness (QED) is 0.783. The molecule has 1 aliphatic carbocycles. The number of rotatable bonds is 5. The van der Waals surface area contributed by atoms with Gasteiger partial charge in [0, 0.05) is 24.7 Å². The molecule has 1 aromatic rings. The van der Waals surface area contributed by atoms with E-state index < -0.39 is 10.0 Å². The van der Waals surface area contributed by atoms with Gasteiger partial charge in [-0.1, -0.05) is 6.42 Å². The van der Waals surface area contributed by atoms with Crippen LogP contribution < -0.4 is 11.1 Å². The fourth-order valence-corrected chi connectivity index (χ4v) is 5.61. The number of sulfonamides is 1. The standard InChI is InChI=1S/C19H29N3O4S/c1-13-11-22(12-14(2)26-13)27(24,25)17-8-6-15(7-9-17)19(23)21-18-5-3-4-16(18)10-20/h6-9,13-14,16,18H,3-5,10-12,20H2,1-2H3,(H,21,23). The Balaban J connectivity index is 1.70. The Labute approximate surface area is 161 Å². The Morgan fingerprint density at radius 2 is 1.81 bits per heavy atom. The molecule has 2 fully saturated rings. The van der Waals surface area contributed by atoms with Crippen molar-refractivity contribution in [1.29, 1.82) is 0 Å². The van der Waals surface area contributed by atoms with Gasteiger partial charge in [0.1, 0.15) is 0 Å². The van der Waals surface area contributed by atoms with Crippen molar-refractivity contribution in [3.63, 3.8) is 0 Å². The van der Waals surface area contributed by atoms with Crippen molar-refractivity contribution >= 4 is 15.9 Å². The Morgan fingerprint density at radius 3 is 2.41 bits per heavy atom. The highest BCUT2D eigenvalue weighted by Crippen LogP contribution is 2.25. The molecule has 0 spiro atoms. The lowest BCUT2D eigenvalue weighted by molar-refractivity contribution is -0.0440. The molecule has 0 radical (unpaired) electrons. The van der Waals surface area contributed by atoms with Crippen LogP contribution in [0.1, 0.15) is 43.5 Å². The summed E-state index contributed by atoms with van der Waals surface area (Å²) in [5.74, 6) is 0.136. The lowest BCUT2D eigenvalue weighted by atomic mass is 10.0. The Bertz CT molecular complexity index is 756. The highest BCUT2D eigenvalue weighted by atomic mass is 32.2. The molecule has 3 rings (SSSR count). The van der Waals surface area contributed by atoms with Gasteiger partial charge in [-0.3, -0.25) is 4.79 Å². The van der Waals surface area contributed by atoms with E-state index in [9.17, 15) is 13.2 Å². The Kier molecular flexibility index (Phi) is 6.20. The number of benzene rings is 1. The van der Waals surface area contributed by atoms with Crippen LogP contribution in [0.25, 0.3) is 0 Å². The summed E-state index contributed by atoms with van der Waals surface area (Å²) in [4.78, 5) is 12.7. The van der Waals surface area contributed by atoms with Gasteiger partial charge in [0.2, 0.25) is 10.0 Å². The molecule has 27 heavy (non-hydrogen) atoms. The molecule has 150 valence electrons. The van der Waals surface area contributed by atoms with Crippen molar-refractivity contribution in [2.75, 3.05) is 19.6 Å². The number of hydrogen-bond donors (Lipinski definition) is 2.